The van der Waals surface area contributed by atoms with Gasteiger partial charge in [-0.15, -0.1) is 0 Å². The van der Waals surface area contributed by atoms with Gasteiger partial charge in [0.25, 0.3) is 5.60 Å². The number of nitrogens with zero attached hydrogens (tertiary/aromatic N) is 3. The lowest BCUT2D eigenvalue weighted by atomic mass is 9.90. The lowest BCUT2D eigenvalue weighted by molar-refractivity contribution is -0.239. The van der Waals surface area contributed by atoms with Gasteiger partial charge in [0.15, 0.2) is 0 Å². The van der Waals surface area contributed by atoms with Gasteiger partial charge in [0, 0.05) is 79.5 Å². The van der Waals surface area contributed by atoms with E-state index in [2.05, 4.69) is 47.3 Å². The fraction of sp³-hybridized carbons (Fsp3) is 0.440. The summed E-state index contributed by atoms with van der Waals surface area (Å²) < 4.78 is 45.4. The average molecular weight is 929 g/mol. The topological polar surface area (TPSA) is 156 Å². The monoisotopic (exact) mass is 928 g/mol. The van der Waals surface area contributed by atoms with Crippen LogP contribution in [0.1, 0.15) is 73.9 Å². The Morgan fingerprint density at radius 1 is 1.02 bits per heavy atom. The van der Waals surface area contributed by atoms with E-state index in [-0.39, 0.29) is 47.0 Å². The Morgan fingerprint density at radius 3 is 2.44 bits per heavy atom. The maximum atomic E-state index is 13.8. The van der Waals surface area contributed by atoms with Crippen LogP contribution in [0.4, 0.5) is 23.7 Å². The van der Waals surface area contributed by atoms with Crippen LogP contribution in [-0.2, 0) is 39.3 Å². The molecule has 5 N–H and O–H groups in total. The van der Waals surface area contributed by atoms with Crippen molar-refractivity contribution in [2.75, 3.05) is 31.5 Å². The van der Waals surface area contributed by atoms with Crippen molar-refractivity contribution in [2.45, 2.75) is 101 Å². The van der Waals surface area contributed by atoms with Crippen LogP contribution < -0.4 is 16.0 Å². The number of rotatable bonds is 11. The number of amides is 3. The number of benzene rings is 3. The van der Waals surface area contributed by atoms with Crippen LogP contribution in [0.5, 0.6) is 0 Å². The molecule has 1 saturated carbocycles. The van der Waals surface area contributed by atoms with Crippen molar-refractivity contribution in [3.63, 3.8) is 0 Å². The van der Waals surface area contributed by atoms with Gasteiger partial charge < -0.3 is 25.6 Å². The predicted molar refractivity (Wildman–Crippen MR) is 244 cm³/mol. The number of aromatic nitrogens is 1. The van der Waals surface area contributed by atoms with E-state index in [4.69, 9.17) is 11.6 Å². The number of pyridine rings is 1. The Balaban J connectivity index is 0.000000256. The van der Waals surface area contributed by atoms with Gasteiger partial charge in [-0.25, -0.2) is 4.79 Å². The van der Waals surface area contributed by atoms with E-state index in [1.165, 1.54) is 12.1 Å². The summed E-state index contributed by atoms with van der Waals surface area (Å²) in [7, 11) is 0. The molecule has 350 valence electrons. The number of aliphatic hydroxyl groups is 2. The van der Waals surface area contributed by atoms with Gasteiger partial charge in [-0.3, -0.25) is 29.7 Å². The molecule has 8 rings (SSSR count). The van der Waals surface area contributed by atoms with Crippen LogP contribution in [-0.4, -0.2) is 99.0 Å². The second-order valence-electron chi connectivity index (χ2n) is 18.5. The largest absolute Gasteiger partial charge is 0.445 e. The minimum Gasteiger partial charge on any atom is -0.415 e. The Morgan fingerprint density at radius 2 is 1.74 bits per heavy atom. The second-order valence-corrected chi connectivity index (χ2v) is 18.9. The van der Waals surface area contributed by atoms with E-state index in [9.17, 15) is 37.8 Å². The minimum atomic E-state index is -4.87. The molecule has 0 bridgehead atoms. The zero-order valence-electron chi connectivity index (χ0n) is 37.2. The highest BCUT2D eigenvalue weighted by Gasteiger charge is 2.62. The molecule has 3 amide bonds. The van der Waals surface area contributed by atoms with E-state index in [1.54, 1.807) is 6.20 Å². The summed E-state index contributed by atoms with van der Waals surface area (Å²) in [6.07, 6.45) is -1.28. The molecule has 4 aromatic rings. The van der Waals surface area contributed by atoms with E-state index in [1.807, 2.05) is 93.7 Å². The van der Waals surface area contributed by atoms with E-state index < -0.39 is 53.6 Å². The van der Waals surface area contributed by atoms with Crippen molar-refractivity contribution in [2.24, 2.45) is 11.8 Å². The molecule has 2 fully saturated rings. The molecule has 0 radical (unpaired) electrons. The van der Waals surface area contributed by atoms with Gasteiger partial charge in [-0.2, -0.15) is 13.2 Å². The first-order valence-corrected chi connectivity index (χ1v) is 22.6. The standard InChI is InChI=1S/C36H47N5O4.C14H9ClF3NO2/c1-36(2,3)39-35(45)31-24-40(22-26-12-9-15-37-21-26)16-17-41(31)23-29(42)19-28(18-25-10-5-4-6-11-25)34(44)38-33-30-14-8-7-13-27(30)20-32(33)43;15-9-3-4-11-10(7-9)13(14(16,17)18,21-12(20)19-11)6-5-8-1-2-8/h4-15,21,28-29,31-33,42-43H,16-20,22-24H2,1-3H3,(H,38,44)(H,39,45);3-4,7-8H,1-2H2,(H,19,20)/t28-,29-,31-,32+,33-;13-/m00/s1. The average Bonchev–Trinajstić information content (AvgIpc) is 4.05. The zero-order valence-corrected chi connectivity index (χ0v) is 37.9. The first-order valence-electron chi connectivity index (χ1n) is 22.2. The SMILES string of the molecule is CC(C)(C)NC(=O)[C@@H]1CN(Cc2cccnc2)CCN1C[C@@H](O)C[C@H](Cc1ccccc1)C(=O)N[C@H]1c2ccccc2C[C@H]1O.O=C1Nc2ccc(Cl)cc2[C@@](C#CC2CC2)(C(F)(F)F)O1. The molecule has 12 nitrogen and oxygen atoms in total. The number of hydrogen-bond acceptors (Lipinski definition) is 9. The lowest BCUT2D eigenvalue weighted by Gasteiger charge is -2.42. The Bertz CT molecular complexity index is 2410. The summed E-state index contributed by atoms with van der Waals surface area (Å²) >= 11 is 5.78. The molecule has 2 aliphatic heterocycles. The highest BCUT2D eigenvalue weighted by atomic mass is 35.5. The third kappa shape index (κ3) is 12.3. The third-order valence-electron chi connectivity index (χ3n) is 12.0. The number of piperazine rings is 1. The number of alkyl halides is 3. The second kappa shape index (κ2) is 20.6. The molecule has 2 aliphatic carbocycles. The van der Waals surface area contributed by atoms with Crippen LogP contribution in [0.25, 0.3) is 0 Å². The molecule has 3 aromatic carbocycles. The number of carbonyl (C=O) groups excluding carboxylic acids is 3. The van der Waals surface area contributed by atoms with Crippen molar-refractivity contribution in [3.05, 3.63) is 130 Å². The first kappa shape index (κ1) is 48.4. The summed E-state index contributed by atoms with van der Waals surface area (Å²) in [5, 5.41) is 30.8. The van der Waals surface area contributed by atoms with Gasteiger partial charge in [0.1, 0.15) is 6.04 Å². The number of fused-ring (bicyclic) bond motifs is 2. The number of hydrogen-bond donors (Lipinski definition) is 5. The lowest BCUT2D eigenvalue weighted by Crippen LogP contribution is -2.61. The summed E-state index contributed by atoms with van der Waals surface area (Å²) in [6, 6.07) is 24.4. The van der Waals surface area contributed by atoms with Gasteiger partial charge in [0.2, 0.25) is 11.8 Å². The van der Waals surface area contributed by atoms with Crippen LogP contribution in [0.2, 0.25) is 5.02 Å². The van der Waals surface area contributed by atoms with Gasteiger partial charge in [0.05, 0.1) is 23.9 Å². The number of cyclic esters (lactones) is 1. The van der Waals surface area contributed by atoms with Gasteiger partial charge in [-0.1, -0.05) is 78.2 Å². The van der Waals surface area contributed by atoms with Gasteiger partial charge in [-0.05, 0) is 98.9 Å². The highest BCUT2D eigenvalue weighted by molar-refractivity contribution is 6.30. The third-order valence-corrected chi connectivity index (χ3v) is 12.2. The predicted octanol–water partition coefficient (Wildman–Crippen LogP) is 6.94. The minimum absolute atomic E-state index is 0.00179. The summed E-state index contributed by atoms with van der Waals surface area (Å²) in [6.45, 7) is 8.74. The number of β-amino-alcohol motifs (C(OH)–C–C–N with tert-alkyl or cyclic N) is 1. The van der Waals surface area contributed by atoms with E-state index >= 15 is 0 Å². The van der Waals surface area contributed by atoms with Gasteiger partial charge >= 0.3 is 12.3 Å². The molecular weight excluding hydrogens is 873 g/mol. The molecule has 4 aliphatic rings. The molecule has 66 heavy (non-hydrogen) atoms. The Labute approximate surface area is 388 Å². The van der Waals surface area contributed by atoms with Crippen LogP contribution in [0, 0.1) is 23.7 Å². The van der Waals surface area contributed by atoms with Crippen LogP contribution in [0.3, 0.4) is 0 Å². The molecule has 16 heteroatoms. The summed E-state index contributed by atoms with van der Waals surface area (Å²) in [5.74, 6) is 3.82. The van der Waals surface area contributed by atoms with E-state index in [0.29, 0.717) is 32.5 Å². The Kier molecular flexibility index (Phi) is 15.1. The zero-order chi connectivity index (χ0) is 47.2. The number of ether oxygens (including phenoxy) is 1. The molecule has 0 unspecified atom stereocenters. The number of carbonyl (C=O) groups is 3. The fourth-order valence-corrected chi connectivity index (χ4v) is 8.79. The molecule has 3 heterocycles. The van der Waals surface area contributed by atoms with Crippen LogP contribution >= 0.6 is 11.6 Å². The summed E-state index contributed by atoms with van der Waals surface area (Å²) in [4.78, 5) is 47.4. The molecule has 1 aromatic heterocycles. The van der Waals surface area contributed by atoms with Crippen molar-refractivity contribution >= 4 is 35.2 Å². The number of aliphatic hydroxyl groups excluding tert-OH is 2. The smallest absolute Gasteiger partial charge is 0.415 e. The van der Waals surface area contributed by atoms with E-state index in [0.717, 1.165) is 47.7 Å². The van der Waals surface area contributed by atoms with Crippen molar-refractivity contribution in [1.29, 1.82) is 0 Å². The molecule has 0 spiro atoms. The molecule has 6 atom stereocenters. The van der Waals surface area contributed by atoms with Crippen molar-refractivity contribution < 1.29 is 42.5 Å². The number of nitrogens with one attached hydrogen (secondary N) is 3. The first-order chi connectivity index (χ1) is 31.4. The normalized spacial score (nSPS) is 22.7. The Hall–Kier alpha value is -5.50. The summed E-state index contributed by atoms with van der Waals surface area (Å²) in [5.41, 5.74) is 0.405. The molecular formula is C50H56ClF3N6O6. The quantitative estimate of drug-likeness (QED) is 0.101. The van der Waals surface area contributed by atoms with Crippen molar-refractivity contribution in [1.82, 2.24) is 25.4 Å². The maximum absolute atomic E-state index is 13.8. The number of halogens is 4. The number of anilines is 1. The molecule has 1 saturated heterocycles. The highest BCUT2D eigenvalue weighted by Crippen LogP contribution is 2.48. The fourth-order valence-electron chi connectivity index (χ4n) is 8.62. The van der Waals surface area contributed by atoms with Crippen LogP contribution in [0.15, 0.2) is 97.3 Å². The van der Waals surface area contributed by atoms with Crippen molar-refractivity contribution in [3.8, 4) is 11.8 Å². The maximum Gasteiger partial charge on any atom is 0.445 e.